The van der Waals surface area contributed by atoms with Crippen molar-refractivity contribution in [2.24, 2.45) is 17.8 Å². The molecule has 6 heteroatoms. The van der Waals surface area contributed by atoms with Gasteiger partial charge in [0.1, 0.15) is 4.83 Å². The van der Waals surface area contributed by atoms with Crippen molar-refractivity contribution < 1.29 is 30.0 Å². The van der Waals surface area contributed by atoms with Gasteiger partial charge >= 0.3 is 0 Å². The summed E-state index contributed by atoms with van der Waals surface area (Å²) >= 11 is 1.81. The van der Waals surface area contributed by atoms with Crippen molar-refractivity contribution >= 4 is 38.1 Å². The fraction of sp³-hybridized carbons (Fsp3) is 0.419. The second-order valence-corrected chi connectivity index (χ2v) is 15.3. The molecule has 3 aromatic heterocycles. The normalized spacial score (nSPS) is 12.0. The van der Waals surface area contributed by atoms with E-state index in [0.29, 0.717) is 5.92 Å². The number of ketones is 1. The molecule has 0 fully saturated rings. The molecule has 0 saturated heterocycles. The Balaban J connectivity index is 0.000000347. The summed E-state index contributed by atoms with van der Waals surface area (Å²) in [4.78, 5) is 23.9. The van der Waals surface area contributed by atoms with Crippen LogP contribution in [0, 0.1) is 23.8 Å². The molecule has 5 aromatic rings. The maximum atomic E-state index is 11.7. The van der Waals surface area contributed by atoms with E-state index in [-0.39, 0.29) is 48.9 Å². The number of aliphatic hydroxyl groups excluding tert-OH is 1. The topological polar surface area (TPSA) is 63.1 Å². The number of rotatable bonds is 11. The van der Waals surface area contributed by atoms with Gasteiger partial charge in [-0.05, 0) is 73.3 Å². The number of allylic oxidation sites excluding steroid dienone is 2. The van der Waals surface area contributed by atoms with E-state index >= 15 is 0 Å². The summed E-state index contributed by atoms with van der Waals surface area (Å²) in [6.07, 6.45) is 7.89. The molecule has 0 unspecified atom stereocenters. The van der Waals surface area contributed by atoms with E-state index in [0.717, 1.165) is 64.8 Å². The van der Waals surface area contributed by atoms with Gasteiger partial charge in [0.25, 0.3) is 0 Å². The van der Waals surface area contributed by atoms with Crippen LogP contribution in [0.2, 0.25) is 0 Å². The molecule has 0 bridgehead atoms. The van der Waals surface area contributed by atoms with Gasteiger partial charge in [0.05, 0.1) is 11.5 Å². The first-order chi connectivity index (χ1) is 22.9. The van der Waals surface area contributed by atoms with Crippen LogP contribution in [0.25, 0.3) is 43.5 Å². The largest absolute Gasteiger partial charge is 0.512 e. The third-order valence-electron chi connectivity index (χ3n) is 9.04. The summed E-state index contributed by atoms with van der Waals surface area (Å²) in [7, 11) is 0. The van der Waals surface area contributed by atoms with Crippen LogP contribution in [0.4, 0.5) is 0 Å². The van der Waals surface area contributed by atoms with Gasteiger partial charge in [-0.25, -0.2) is 4.98 Å². The van der Waals surface area contributed by atoms with E-state index in [1.807, 2.05) is 51.3 Å². The minimum atomic E-state index is 0. The van der Waals surface area contributed by atoms with Gasteiger partial charge in [-0.15, -0.1) is 40.5 Å². The smallest absolute Gasteiger partial charge is 0.162 e. The standard InChI is InChI=1S/C30H29N2S.C13H24O2.Ir/c1-19(2)14-24-16-22-10-11-27(32-29(22)33-24)21-12-13-31-28(18-21)23-15-20-8-6-7-9-25(20)26(17-23)30(3,4)5;1-5-10(6-2)12(14)9-13(15)11(7-3)8-4;/h6-13,16-19H,14H2,1-5H3;9-11,14H,5-8H2,1-4H3;/q-1;;/b;12-9-;. The third-order valence-corrected chi connectivity index (χ3v) is 10.1. The number of carbonyl (C=O) groups is 1. The summed E-state index contributed by atoms with van der Waals surface area (Å²) in [6.45, 7) is 19.4. The number of pyridine rings is 2. The number of nitrogens with zero attached hydrogens (tertiary/aromatic N) is 2. The molecule has 0 aliphatic heterocycles. The van der Waals surface area contributed by atoms with Crippen molar-refractivity contribution in [3.63, 3.8) is 0 Å². The molecule has 5 rings (SSSR count). The maximum Gasteiger partial charge on any atom is 0.162 e. The van der Waals surface area contributed by atoms with Crippen molar-refractivity contribution in [2.45, 2.75) is 99.8 Å². The fourth-order valence-electron chi connectivity index (χ4n) is 6.14. The van der Waals surface area contributed by atoms with E-state index in [1.54, 1.807) is 0 Å². The zero-order chi connectivity index (χ0) is 35.0. The van der Waals surface area contributed by atoms with Crippen LogP contribution in [0.1, 0.15) is 98.4 Å². The summed E-state index contributed by atoms with van der Waals surface area (Å²) in [6, 6.07) is 25.1. The summed E-state index contributed by atoms with van der Waals surface area (Å²) in [5, 5.41) is 13.4. The molecule has 0 aliphatic rings. The molecule has 1 N–H and O–H groups in total. The quantitative estimate of drug-likeness (QED) is 0.0817. The molecule has 0 atom stereocenters. The fourth-order valence-corrected chi connectivity index (χ4v) is 7.38. The first kappa shape index (κ1) is 40.3. The monoisotopic (exact) mass is 854 g/mol. The molecule has 3 heterocycles. The Morgan fingerprint density at radius 2 is 1.57 bits per heavy atom. The molecule has 0 amide bonds. The minimum absolute atomic E-state index is 0. The van der Waals surface area contributed by atoms with Crippen molar-refractivity contribution in [1.29, 1.82) is 0 Å². The van der Waals surface area contributed by atoms with Crippen LogP contribution in [-0.2, 0) is 36.7 Å². The number of fused-ring (bicyclic) bond motifs is 2. The molecule has 49 heavy (non-hydrogen) atoms. The number of carbonyl (C=O) groups excluding carboxylic acids is 1. The van der Waals surface area contributed by atoms with Crippen LogP contribution in [-0.4, -0.2) is 20.9 Å². The van der Waals surface area contributed by atoms with Gasteiger partial charge in [0, 0.05) is 60.2 Å². The molecule has 0 aliphatic carbocycles. The van der Waals surface area contributed by atoms with Gasteiger partial charge in [-0.3, -0.25) is 9.78 Å². The number of benzene rings is 2. The zero-order valence-electron chi connectivity index (χ0n) is 30.7. The number of aliphatic hydroxyl groups is 1. The first-order valence-corrected chi connectivity index (χ1v) is 18.5. The molecule has 2 aromatic carbocycles. The Morgan fingerprint density at radius 1 is 0.898 bits per heavy atom. The summed E-state index contributed by atoms with van der Waals surface area (Å²) in [5.74, 6) is 1.20. The number of aromatic nitrogens is 2. The Bertz CT molecular complexity index is 1860. The van der Waals surface area contributed by atoms with Crippen LogP contribution in [0.5, 0.6) is 0 Å². The number of hydrogen-bond donors (Lipinski definition) is 1. The van der Waals surface area contributed by atoms with E-state index in [9.17, 15) is 9.90 Å². The van der Waals surface area contributed by atoms with E-state index < -0.39 is 0 Å². The maximum absolute atomic E-state index is 11.7. The Hall–Kier alpha value is -3.18. The predicted octanol–water partition coefficient (Wildman–Crippen LogP) is 12.3. The van der Waals surface area contributed by atoms with Crippen molar-refractivity contribution in [2.75, 3.05) is 0 Å². The minimum Gasteiger partial charge on any atom is -0.512 e. The van der Waals surface area contributed by atoms with E-state index in [1.165, 1.54) is 27.3 Å². The van der Waals surface area contributed by atoms with Crippen LogP contribution >= 0.6 is 11.3 Å². The molecule has 1 radical (unpaired) electrons. The number of hydrogen-bond acceptors (Lipinski definition) is 5. The molecular weight excluding hydrogens is 801 g/mol. The molecule has 4 nitrogen and oxygen atoms in total. The van der Waals surface area contributed by atoms with Crippen molar-refractivity contribution in [3.05, 3.63) is 95.2 Å². The molecular formula is C43H53IrN2O2S-. The second kappa shape index (κ2) is 18.2. The van der Waals surface area contributed by atoms with Gasteiger partial charge in [-0.1, -0.05) is 97.5 Å². The Labute approximate surface area is 311 Å². The molecule has 0 spiro atoms. The van der Waals surface area contributed by atoms with Crippen molar-refractivity contribution in [1.82, 2.24) is 9.97 Å². The SMILES string of the molecule is CC(C)Cc1cc2ccc(-c3ccnc(-c4[c-]c5ccccc5c(C(C)(C)C)c4)c3)nc2s1.CCC(CC)C(=O)/C=C(\O)C(CC)CC.[Ir]. The van der Waals surface area contributed by atoms with Gasteiger partial charge < -0.3 is 5.11 Å². The number of thiophene rings is 1. The molecule has 0 saturated carbocycles. The Morgan fingerprint density at radius 3 is 2.20 bits per heavy atom. The first-order valence-electron chi connectivity index (χ1n) is 17.6. The summed E-state index contributed by atoms with van der Waals surface area (Å²) in [5.41, 5.74) is 5.37. The summed E-state index contributed by atoms with van der Waals surface area (Å²) < 4.78 is 0. The molecule has 263 valence electrons. The van der Waals surface area contributed by atoms with Gasteiger partial charge in [0.2, 0.25) is 0 Å². The van der Waals surface area contributed by atoms with Crippen molar-refractivity contribution in [3.8, 4) is 22.5 Å². The average molecular weight is 854 g/mol. The third kappa shape index (κ3) is 10.4. The Kier molecular flexibility index (Phi) is 14.9. The second-order valence-electron chi connectivity index (χ2n) is 14.2. The van der Waals surface area contributed by atoms with Gasteiger partial charge in [0.15, 0.2) is 5.78 Å². The van der Waals surface area contributed by atoms with E-state index in [2.05, 4.69) is 95.3 Å². The zero-order valence-corrected chi connectivity index (χ0v) is 33.9. The van der Waals surface area contributed by atoms with Gasteiger partial charge in [-0.2, -0.15) is 0 Å². The van der Waals surface area contributed by atoms with E-state index in [4.69, 9.17) is 9.97 Å². The average Bonchev–Trinajstić information content (AvgIpc) is 3.46. The van der Waals surface area contributed by atoms with Crippen LogP contribution < -0.4 is 0 Å². The van der Waals surface area contributed by atoms with Crippen LogP contribution in [0.3, 0.4) is 0 Å². The predicted molar refractivity (Wildman–Crippen MR) is 206 cm³/mol. The van der Waals surface area contributed by atoms with Crippen LogP contribution in [0.15, 0.2) is 78.7 Å².